The Balaban J connectivity index is 1.54. The topological polar surface area (TPSA) is 71.3 Å². The molecular formula is C19H18N4O2. The molecule has 2 aromatic heterocycles. The van der Waals surface area contributed by atoms with Gasteiger partial charge in [-0.05, 0) is 42.7 Å². The largest absolute Gasteiger partial charge is 0.467 e. The first-order chi connectivity index (χ1) is 12.3. The summed E-state index contributed by atoms with van der Waals surface area (Å²) in [6, 6.07) is 13.4. The monoisotopic (exact) mass is 334 g/mol. The quantitative estimate of drug-likeness (QED) is 0.793. The Bertz CT molecular complexity index is 877. The third-order valence-corrected chi connectivity index (χ3v) is 4.23. The molecule has 0 fully saturated rings. The fourth-order valence-electron chi connectivity index (χ4n) is 3.03. The Morgan fingerprint density at radius 3 is 3.00 bits per heavy atom. The number of benzene rings is 1. The molecule has 25 heavy (non-hydrogen) atoms. The first kappa shape index (κ1) is 15.4. The number of carbonyl (C=O) groups excluding carboxylic acids is 1. The second-order valence-electron chi connectivity index (χ2n) is 5.89. The molecule has 0 saturated carbocycles. The molecule has 1 amide bonds. The maximum atomic E-state index is 12.9. The number of nitrogens with zero attached hydrogens (tertiary/aromatic N) is 3. The van der Waals surface area contributed by atoms with Gasteiger partial charge < -0.3 is 14.6 Å². The van der Waals surface area contributed by atoms with E-state index in [1.807, 2.05) is 30.3 Å². The number of nitrogens with one attached hydrogen (secondary N) is 1. The van der Waals surface area contributed by atoms with Crippen molar-refractivity contribution in [2.75, 3.05) is 16.8 Å². The maximum absolute atomic E-state index is 12.9. The molecule has 3 heterocycles. The van der Waals surface area contributed by atoms with Crippen LogP contribution >= 0.6 is 0 Å². The average Bonchev–Trinajstić information content (AvgIpc) is 3.19. The van der Waals surface area contributed by atoms with Gasteiger partial charge in [0.2, 0.25) is 5.95 Å². The van der Waals surface area contributed by atoms with Crippen molar-refractivity contribution >= 4 is 17.5 Å². The lowest BCUT2D eigenvalue weighted by Gasteiger charge is -2.29. The summed E-state index contributed by atoms with van der Waals surface area (Å²) in [5.41, 5.74) is 2.56. The summed E-state index contributed by atoms with van der Waals surface area (Å²) < 4.78 is 5.27. The predicted octanol–water partition coefficient (Wildman–Crippen LogP) is 3.27. The molecule has 0 aliphatic carbocycles. The number of hydrogen-bond donors (Lipinski definition) is 1. The molecule has 0 spiro atoms. The number of rotatable bonds is 4. The van der Waals surface area contributed by atoms with Gasteiger partial charge >= 0.3 is 0 Å². The van der Waals surface area contributed by atoms with Crippen molar-refractivity contribution in [1.29, 1.82) is 0 Å². The van der Waals surface area contributed by atoms with Crippen LogP contribution in [0, 0.1) is 0 Å². The smallest absolute Gasteiger partial charge is 0.277 e. The van der Waals surface area contributed by atoms with Crippen molar-refractivity contribution < 1.29 is 9.21 Å². The minimum atomic E-state index is -0.101. The van der Waals surface area contributed by atoms with Gasteiger partial charge in [0.15, 0.2) is 0 Å². The molecule has 1 aromatic carbocycles. The van der Waals surface area contributed by atoms with E-state index < -0.39 is 0 Å². The van der Waals surface area contributed by atoms with Crippen LogP contribution in [0.1, 0.15) is 28.2 Å². The zero-order valence-electron chi connectivity index (χ0n) is 13.7. The Morgan fingerprint density at radius 1 is 1.20 bits per heavy atom. The number of hydrogen-bond acceptors (Lipinski definition) is 5. The van der Waals surface area contributed by atoms with Crippen LogP contribution in [-0.2, 0) is 13.0 Å². The van der Waals surface area contributed by atoms with Crippen LogP contribution in [0.3, 0.4) is 0 Å². The highest BCUT2D eigenvalue weighted by Crippen LogP contribution is 2.27. The summed E-state index contributed by atoms with van der Waals surface area (Å²) >= 11 is 0. The fraction of sp³-hybridized carbons (Fsp3) is 0.211. The maximum Gasteiger partial charge on any atom is 0.277 e. The van der Waals surface area contributed by atoms with E-state index >= 15 is 0 Å². The molecule has 126 valence electrons. The lowest BCUT2D eigenvalue weighted by molar-refractivity contribution is 0.0980. The van der Waals surface area contributed by atoms with Gasteiger partial charge in [-0.25, -0.2) is 9.97 Å². The number of furan rings is 1. The van der Waals surface area contributed by atoms with Crippen LogP contribution in [-0.4, -0.2) is 22.4 Å². The van der Waals surface area contributed by atoms with E-state index in [4.69, 9.17) is 4.42 Å². The Kier molecular flexibility index (Phi) is 4.16. The van der Waals surface area contributed by atoms with Gasteiger partial charge in [-0.2, -0.15) is 0 Å². The third kappa shape index (κ3) is 3.24. The third-order valence-electron chi connectivity index (χ3n) is 4.23. The lowest BCUT2D eigenvalue weighted by Crippen LogP contribution is -2.36. The van der Waals surface area contributed by atoms with Gasteiger partial charge in [0, 0.05) is 18.4 Å². The van der Waals surface area contributed by atoms with Crippen molar-refractivity contribution in [3.05, 3.63) is 71.9 Å². The van der Waals surface area contributed by atoms with E-state index in [9.17, 15) is 4.79 Å². The zero-order valence-corrected chi connectivity index (χ0v) is 13.7. The van der Waals surface area contributed by atoms with Gasteiger partial charge in [-0.3, -0.25) is 4.79 Å². The van der Waals surface area contributed by atoms with Crippen molar-refractivity contribution in [1.82, 2.24) is 9.97 Å². The van der Waals surface area contributed by atoms with E-state index in [2.05, 4.69) is 21.4 Å². The lowest BCUT2D eigenvalue weighted by atomic mass is 10.0. The molecular weight excluding hydrogens is 316 g/mol. The molecule has 1 N–H and O–H groups in total. The number of amides is 1. The molecule has 1 aliphatic heterocycles. The molecule has 0 radical (unpaired) electrons. The summed E-state index contributed by atoms with van der Waals surface area (Å²) in [6.07, 6.45) is 5.17. The standard InChI is InChI=1S/C19H18N4O2/c24-18(23-11-3-6-14-5-1-2-8-17(14)23)16-9-10-20-19(22-16)21-13-15-7-4-12-25-15/h1-2,4-5,7-10,12H,3,6,11,13H2,(H,20,21,22). The highest BCUT2D eigenvalue weighted by Gasteiger charge is 2.24. The SMILES string of the molecule is O=C(c1ccnc(NCc2ccco2)n1)N1CCCc2ccccc21. The van der Waals surface area contributed by atoms with Crippen molar-refractivity contribution in [3.63, 3.8) is 0 Å². The molecule has 0 atom stereocenters. The van der Waals surface area contributed by atoms with Crippen LogP contribution in [0.4, 0.5) is 11.6 Å². The first-order valence-electron chi connectivity index (χ1n) is 8.30. The molecule has 0 unspecified atom stereocenters. The van der Waals surface area contributed by atoms with Crippen molar-refractivity contribution in [3.8, 4) is 0 Å². The summed E-state index contributed by atoms with van der Waals surface area (Å²) in [4.78, 5) is 23.3. The summed E-state index contributed by atoms with van der Waals surface area (Å²) in [5, 5.41) is 3.08. The minimum Gasteiger partial charge on any atom is -0.467 e. The second-order valence-corrected chi connectivity index (χ2v) is 5.89. The van der Waals surface area contributed by atoms with E-state index in [1.165, 1.54) is 5.56 Å². The molecule has 3 aromatic rings. The molecule has 6 nitrogen and oxygen atoms in total. The molecule has 0 bridgehead atoms. The average molecular weight is 334 g/mol. The Labute approximate surface area is 145 Å². The van der Waals surface area contributed by atoms with Gasteiger partial charge in [-0.1, -0.05) is 18.2 Å². The number of carbonyl (C=O) groups is 1. The van der Waals surface area contributed by atoms with Crippen LogP contribution in [0.15, 0.2) is 59.3 Å². The number of anilines is 2. The number of aryl methyl sites for hydroxylation is 1. The van der Waals surface area contributed by atoms with E-state index in [0.717, 1.165) is 24.3 Å². The number of fused-ring (bicyclic) bond motifs is 1. The van der Waals surface area contributed by atoms with Gasteiger partial charge in [0.1, 0.15) is 11.5 Å². The zero-order chi connectivity index (χ0) is 17.1. The molecule has 0 saturated heterocycles. The summed E-state index contributed by atoms with van der Waals surface area (Å²) in [7, 11) is 0. The van der Waals surface area contributed by atoms with Crippen LogP contribution in [0.25, 0.3) is 0 Å². The summed E-state index contributed by atoms with van der Waals surface area (Å²) in [6.45, 7) is 1.17. The van der Waals surface area contributed by atoms with Crippen LogP contribution in [0.5, 0.6) is 0 Å². The Morgan fingerprint density at radius 2 is 2.12 bits per heavy atom. The second kappa shape index (κ2) is 6.76. The van der Waals surface area contributed by atoms with E-state index in [0.29, 0.717) is 24.7 Å². The predicted molar refractivity (Wildman–Crippen MR) is 94.5 cm³/mol. The minimum absolute atomic E-state index is 0.101. The molecule has 1 aliphatic rings. The van der Waals surface area contributed by atoms with Gasteiger partial charge in [0.05, 0.1) is 12.8 Å². The number of para-hydroxylation sites is 1. The highest BCUT2D eigenvalue weighted by molar-refractivity contribution is 6.05. The molecule has 6 heteroatoms. The number of aromatic nitrogens is 2. The Hall–Kier alpha value is -3.15. The van der Waals surface area contributed by atoms with Crippen molar-refractivity contribution in [2.45, 2.75) is 19.4 Å². The van der Waals surface area contributed by atoms with Crippen LogP contribution < -0.4 is 10.2 Å². The van der Waals surface area contributed by atoms with E-state index in [-0.39, 0.29) is 5.91 Å². The highest BCUT2D eigenvalue weighted by atomic mass is 16.3. The fourth-order valence-corrected chi connectivity index (χ4v) is 3.03. The van der Waals surface area contributed by atoms with Crippen LogP contribution in [0.2, 0.25) is 0 Å². The summed E-state index contributed by atoms with van der Waals surface area (Å²) in [5.74, 6) is 1.09. The van der Waals surface area contributed by atoms with Gasteiger partial charge in [0.25, 0.3) is 5.91 Å². The first-order valence-corrected chi connectivity index (χ1v) is 8.30. The normalized spacial score (nSPS) is 13.4. The van der Waals surface area contributed by atoms with E-state index in [1.54, 1.807) is 23.4 Å². The van der Waals surface area contributed by atoms with Gasteiger partial charge in [-0.15, -0.1) is 0 Å². The molecule has 4 rings (SSSR count). The van der Waals surface area contributed by atoms with Crippen molar-refractivity contribution in [2.24, 2.45) is 0 Å².